The fraction of sp³-hybridized carbons (Fsp3) is 0.455. The molecule has 2 N–H and O–H groups in total. The number of halogens is 2. The van der Waals surface area contributed by atoms with Gasteiger partial charge in [0.2, 0.25) is 0 Å². The third-order valence-electron chi connectivity index (χ3n) is 2.03. The molecule has 0 saturated heterocycles. The second kappa shape index (κ2) is 6.05. The van der Waals surface area contributed by atoms with Crippen LogP contribution in [0.25, 0.3) is 0 Å². The van der Waals surface area contributed by atoms with Crippen molar-refractivity contribution >= 4 is 11.6 Å². The van der Waals surface area contributed by atoms with Crippen LogP contribution in [0.15, 0.2) is 18.2 Å². The van der Waals surface area contributed by atoms with Gasteiger partial charge in [0, 0.05) is 17.7 Å². The highest BCUT2D eigenvalue weighted by Crippen LogP contribution is 2.15. The van der Waals surface area contributed by atoms with Gasteiger partial charge in [-0.05, 0) is 31.0 Å². The number of nitrogens with two attached hydrogens (primary N) is 1. The number of hydrogen-bond acceptors (Lipinski definition) is 2. The minimum atomic E-state index is -0.311. The fourth-order valence-electron chi connectivity index (χ4n) is 1.30. The highest BCUT2D eigenvalue weighted by molar-refractivity contribution is 6.30. The van der Waals surface area contributed by atoms with Gasteiger partial charge >= 0.3 is 0 Å². The van der Waals surface area contributed by atoms with E-state index < -0.39 is 0 Å². The lowest BCUT2D eigenvalue weighted by molar-refractivity contribution is 0.133. The zero-order valence-corrected chi connectivity index (χ0v) is 9.43. The maximum absolute atomic E-state index is 13.4. The van der Waals surface area contributed by atoms with Crippen LogP contribution in [0.5, 0.6) is 0 Å². The summed E-state index contributed by atoms with van der Waals surface area (Å²) < 4.78 is 18.5. The molecule has 0 bridgehead atoms. The summed E-state index contributed by atoms with van der Waals surface area (Å²) in [7, 11) is 0. The van der Waals surface area contributed by atoms with Gasteiger partial charge in [-0.2, -0.15) is 0 Å². The lowest BCUT2D eigenvalue weighted by atomic mass is 10.1. The maximum Gasteiger partial charge on any atom is 0.127 e. The predicted octanol–water partition coefficient (Wildman–Crippen LogP) is 2.39. The zero-order valence-electron chi connectivity index (χ0n) is 8.67. The van der Waals surface area contributed by atoms with E-state index >= 15 is 0 Å². The molecular weight excluding hydrogens is 217 g/mol. The van der Waals surface area contributed by atoms with Gasteiger partial charge in [0.15, 0.2) is 0 Å². The Bertz CT molecular complexity index is 319. The number of rotatable bonds is 5. The SMILES string of the molecule is CCOCC(N)Cc1ccc(Cl)cc1F. The van der Waals surface area contributed by atoms with Gasteiger partial charge in [0.25, 0.3) is 0 Å². The van der Waals surface area contributed by atoms with E-state index in [1.54, 1.807) is 12.1 Å². The average molecular weight is 232 g/mol. The summed E-state index contributed by atoms with van der Waals surface area (Å²) in [6.07, 6.45) is 0.461. The van der Waals surface area contributed by atoms with Crippen LogP contribution in [0, 0.1) is 5.82 Å². The van der Waals surface area contributed by atoms with Crippen LogP contribution in [0.4, 0.5) is 4.39 Å². The summed E-state index contributed by atoms with van der Waals surface area (Å²) >= 11 is 5.64. The van der Waals surface area contributed by atoms with Gasteiger partial charge in [-0.25, -0.2) is 4.39 Å². The lowest BCUT2D eigenvalue weighted by Crippen LogP contribution is -2.29. The van der Waals surface area contributed by atoms with Crippen molar-refractivity contribution in [1.29, 1.82) is 0 Å². The van der Waals surface area contributed by atoms with E-state index in [1.807, 2.05) is 6.92 Å². The van der Waals surface area contributed by atoms with Crippen molar-refractivity contribution < 1.29 is 9.13 Å². The Morgan fingerprint density at radius 1 is 1.53 bits per heavy atom. The van der Waals surface area contributed by atoms with Gasteiger partial charge in [-0.15, -0.1) is 0 Å². The molecule has 0 spiro atoms. The molecule has 0 aliphatic carbocycles. The first-order valence-electron chi connectivity index (χ1n) is 4.90. The monoisotopic (exact) mass is 231 g/mol. The van der Waals surface area contributed by atoms with Crippen LogP contribution in [0.3, 0.4) is 0 Å². The van der Waals surface area contributed by atoms with Crippen LogP contribution < -0.4 is 5.73 Å². The third-order valence-corrected chi connectivity index (χ3v) is 2.27. The van der Waals surface area contributed by atoms with Gasteiger partial charge in [-0.3, -0.25) is 0 Å². The summed E-state index contributed by atoms with van der Waals surface area (Å²) in [6.45, 7) is 2.96. The molecular formula is C11H15ClFNO. The smallest absolute Gasteiger partial charge is 0.127 e. The van der Waals surface area contributed by atoms with E-state index in [2.05, 4.69) is 0 Å². The molecule has 84 valence electrons. The fourth-order valence-corrected chi connectivity index (χ4v) is 1.46. The Morgan fingerprint density at radius 3 is 2.87 bits per heavy atom. The van der Waals surface area contributed by atoms with E-state index in [9.17, 15) is 4.39 Å². The Hall–Kier alpha value is -0.640. The van der Waals surface area contributed by atoms with E-state index in [0.29, 0.717) is 30.2 Å². The van der Waals surface area contributed by atoms with Gasteiger partial charge in [0.05, 0.1) is 6.61 Å². The molecule has 1 atom stereocenters. The molecule has 1 aromatic carbocycles. The van der Waals surface area contributed by atoms with E-state index in [4.69, 9.17) is 22.1 Å². The molecule has 0 aliphatic heterocycles. The summed E-state index contributed by atoms with van der Waals surface area (Å²) in [6, 6.07) is 4.43. The molecule has 4 heteroatoms. The van der Waals surface area contributed by atoms with Crippen LogP contribution >= 0.6 is 11.6 Å². The van der Waals surface area contributed by atoms with Crippen molar-refractivity contribution in [2.45, 2.75) is 19.4 Å². The minimum absolute atomic E-state index is 0.180. The van der Waals surface area contributed by atoms with Crippen LogP contribution in [0.2, 0.25) is 5.02 Å². The normalized spacial score (nSPS) is 12.8. The Labute approximate surface area is 94.2 Å². The molecule has 0 aromatic heterocycles. The van der Waals surface area contributed by atoms with E-state index in [-0.39, 0.29) is 11.9 Å². The average Bonchev–Trinajstić information content (AvgIpc) is 2.19. The largest absolute Gasteiger partial charge is 0.380 e. The molecule has 2 nitrogen and oxygen atoms in total. The van der Waals surface area contributed by atoms with Crippen molar-refractivity contribution in [3.8, 4) is 0 Å². The Morgan fingerprint density at radius 2 is 2.27 bits per heavy atom. The molecule has 0 saturated carbocycles. The third kappa shape index (κ3) is 4.16. The lowest BCUT2D eigenvalue weighted by Gasteiger charge is -2.11. The Balaban J connectivity index is 2.56. The number of hydrogen-bond donors (Lipinski definition) is 1. The molecule has 15 heavy (non-hydrogen) atoms. The Kier molecular flexibility index (Phi) is 5.02. The highest BCUT2D eigenvalue weighted by Gasteiger charge is 2.08. The van der Waals surface area contributed by atoms with Crippen molar-refractivity contribution in [2.75, 3.05) is 13.2 Å². The number of benzene rings is 1. The molecule has 1 unspecified atom stereocenters. The first-order chi connectivity index (χ1) is 7.13. The maximum atomic E-state index is 13.4. The second-order valence-electron chi connectivity index (χ2n) is 3.36. The standard InChI is InChI=1S/C11H15ClFNO/c1-2-15-7-10(14)5-8-3-4-9(12)6-11(8)13/h3-4,6,10H,2,5,7,14H2,1H3. The summed E-state index contributed by atoms with van der Waals surface area (Å²) in [5, 5.41) is 0.398. The quantitative estimate of drug-likeness (QED) is 0.845. The van der Waals surface area contributed by atoms with Gasteiger partial charge < -0.3 is 10.5 Å². The summed E-state index contributed by atoms with van der Waals surface area (Å²) in [5.74, 6) is -0.311. The van der Waals surface area contributed by atoms with Crippen LogP contribution in [-0.4, -0.2) is 19.3 Å². The molecule has 0 radical (unpaired) electrons. The summed E-state index contributed by atoms with van der Waals surface area (Å²) in [5.41, 5.74) is 6.35. The molecule has 0 heterocycles. The van der Waals surface area contributed by atoms with Crippen molar-refractivity contribution in [3.63, 3.8) is 0 Å². The van der Waals surface area contributed by atoms with Crippen molar-refractivity contribution in [1.82, 2.24) is 0 Å². The minimum Gasteiger partial charge on any atom is -0.380 e. The van der Waals surface area contributed by atoms with Crippen LogP contribution in [0.1, 0.15) is 12.5 Å². The van der Waals surface area contributed by atoms with E-state index in [0.717, 1.165) is 0 Å². The molecule has 0 amide bonds. The molecule has 1 rings (SSSR count). The van der Waals surface area contributed by atoms with Crippen LogP contribution in [-0.2, 0) is 11.2 Å². The topological polar surface area (TPSA) is 35.2 Å². The number of ether oxygens (including phenoxy) is 1. The molecule has 0 aliphatic rings. The van der Waals surface area contributed by atoms with Crippen molar-refractivity contribution in [3.05, 3.63) is 34.6 Å². The predicted molar refractivity (Wildman–Crippen MR) is 59.6 cm³/mol. The van der Waals surface area contributed by atoms with E-state index in [1.165, 1.54) is 6.07 Å². The summed E-state index contributed by atoms with van der Waals surface area (Å²) in [4.78, 5) is 0. The zero-order chi connectivity index (χ0) is 11.3. The van der Waals surface area contributed by atoms with Crippen molar-refractivity contribution in [2.24, 2.45) is 5.73 Å². The molecule has 1 aromatic rings. The van der Waals surface area contributed by atoms with Gasteiger partial charge in [0.1, 0.15) is 5.82 Å². The molecule has 0 fully saturated rings. The highest BCUT2D eigenvalue weighted by atomic mass is 35.5. The second-order valence-corrected chi connectivity index (χ2v) is 3.80. The first-order valence-corrected chi connectivity index (χ1v) is 5.28. The first kappa shape index (κ1) is 12.4. The van der Waals surface area contributed by atoms with Gasteiger partial charge in [-0.1, -0.05) is 17.7 Å².